The maximum atomic E-state index is 11.8. The average molecular weight is 348 g/mol. The second-order valence-electron chi connectivity index (χ2n) is 4.82. The number of hydrogen-bond donors (Lipinski definition) is 1. The molecule has 19 heavy (non-hydrogen) atoms. The molecule has 0 aliphatic rings. The van der Waals surface area contributed by atoms with Gasteiger partial charge in [0.15, 0.2) is 0 Å². The standard InChI is InChI=1S/C13H16BrClN2O2/c1-13(2,14)12(19)16-8-5-6-9(10(15)7-8)11(18)17(3)4/h5-7H,1-4H3,(H,16,19). The van der Waals surface area contributed by atoms with Crippen molar-refractivity contribution in [2.75, 3.05) is 19.4 Å². The Hall–Kier alpha value is -1.07. The first-order valence-corrected chi connectivity index (χ1v) is 6.81. The molecule has 1 aromatic carbocycles. The van der Waals surface area contributed by atoms with E-state index in [0.717, 1.165) is 0 Å². The van der Waals surface area contributed by atoms with E-state index in [-0.39, 0.29) is 11.8 Å². The Kier molecular flexibility index (Phi) is 4.98. The molecule has 0 saturated heterocycles. The summed E-state index contributed by atoms with van der Waals surface area (Å²) in [6.07, 6.45) is 0. The maximum Gasteiger partial charge on any atom is 0.254 e. The van der Waals surface area contributed by atoms with Gasteiger partial charge in [-0.2, -0.15) is 0 Å². The number of nitrogens with zero attached hydrogens (tertiary/aromatic N) is 1. The zero-order valence-electron chi connectivity index (χ0n) is 11.3. The summed E-state index contributed by atoms with van der Waals surface area (Å²) in [6.45, 7) is 3.49. The third kappa shape index (κ3) is 4.21. The zero-order valence-corrected chi connectivity index (χ0v) is 13.6. The van der Waals surface area contributed by atoms with Crippen molar-refractivity contribution >= 4 is 45.0 Å². The highest BCUT2D eigenvalue weighted by Crippen LogP contribution is 2.24. The number of amides is 2. The van der Waals surface area contributed by atoms with E-state index in [4.69, 9.17) is 11.6 Å². The highest BCUT2D eigenvalue weighted by atomic mass is 79.9. The maximum absolute atomic E-state index is 11.8. The van der Waals surface area contributed by atoms with E-state index in [1.54, 1.807) is 46.1 Å². The smallest absolute Gasteiger partial charge is 0.254 e. The molecule has 0 aliphatic carbocycles. The number of benzene rings is 1. The van der Waals surface area contributed by atoms with Crippen molar-refractivity contribution in [2.45, 2.75) is 18.2 Å². The van der Waals surface area contributed by atoms with Crippen LogP contribution in [0.2, 0.25) is 5.02 Å². The lowest BCUT2D eigenvalue weighted by Gasteiger charge is -2.17. The highest BCUT2D eigenvalue weighted by Gasteiger charge is 2.24. The van der Waals surface area contributed by atoms with Gasteiger partial charge in [0.25, 0.3) is 5.91 Å². The predicted molar refractivity (Wildman–Crippen MR) is 81.1 cm³/mol. The fraction of sp³-hybridized carbons (Fsp3) is 0.385. The van der Waals surface area contributed by atoms with Crippen molar-refractivity contribution < 1.29 is 9.59 Å². The van der Waals surface area contributed by atoms with Gasteiger partial charge in [0.05, 0.1) is 14.9 Å². The molecule has 0 unspecified atom stereocenters. The predicted octanol–water partition coefficient (Wildman–Crippen LogP) is 3.15. The second kappa shape index (κ2) is 5.92. The summed E-state index contributed by atoms with van der Waals surface area (Å²) in [5, 5.41) is 3.03. The van der Waals surface area contributed by atoms with Gasteiger partial charge in [0.2, 0.25) is 5.91 Å². The molecule has 0 atom stereocenters. The van der Waals surface area contributed by atoms with Gasteiger partial charge in [-0.1, -0.05) is 27.5 Å². The molecule has 2 amide bonds. The molecule has 0 saturated carbocycles. The second-order valence-corrected chi connectivity index (χ2v) is 7.21. The Morgan fingerprint density at radius 3 is 2.32 bits per heavy atom. The van der Waals surface area contributed by atoms with Crippen LogP contribution in [0.25, 0.3) is 0 Å². The largest absolute Gasteiger partial charge is 0.345 e. The van der Waals surface area contributed by atoms with Gasteiger partial charge in [-0.3, -0.25) is 9.59 Å². The number of carbonyl (C=O) groups is 2. The Bertz CT molecular complexity index is 510. The van der Waals surface area contributed by atoms with Crippen LogP contribution in [0.3, 0.4) is 0 Å². The quantitative estimate of drug-likeness (QED) is 0.854. The number of halogens is 2. The normalized spacial score (nSPS) is 11.1. The number of anilines is 1. The van der Waals surface area contributed by atoms with E-state index in [1.807, 2.05) is 0 Å². The summed E-state index contributed by atoms with van der Waals surface area (Å²) < 4.78 is -0.669. The molecule has 0 heterocycles. The lowest BCUT2D eigenvalue weighted by atomic mass is 10.1. The van der Waals surface area contributed by atoms with E-state index in [2.05, 4.69) is 21.2 Å². The van der Waals surface area contributed by atoms with Crippen LogP contribution in [0.4, 0.5) is 5.69 Å². The Morgan fingerprint density at radius 1 is 1.32 bits per heavy atom. The minimum absolute atomic E-state index is 0.177. The fourth-order valence-electron chi connectivity index (χ4n) is 1.29. The molecule has 0 radical (unpaired) electrons. The molecule has 4 nitrogen and oxygen atoms in total. The fourth-order valence-corrected chi connectivity index (χ4v) is 1.65. The molecule has 6 heteroatoms. The SMILES string of the molecule is CN(C)C(=O)c1ccc(NC(=O)C(C)(C)Br)cc1Cl. The molecule has 1 rings (SSSR count). The van der Waals surface area contributed by atoms with Crippen LogP contribution in [-0.2, 0) is 4.79 Å². The number of nitrogens with one attached hydrogen (secondary N) is 1. The summed E-state index contributed by atoms with van der Waals surface area (Å²) in [5.74, 6) is -0.362. The molecular formula is C13H16BrClN2O2. The number of rotatable bonds is 3. The Morgan fingerprint density at radius 2 is 1.89 bits per heavy atom. The third-order valence-corrected chi connectivity index (χ3v) is 3.08. The van der Waals surface area contributed by atoms with Crippen LogP contribution in [0, 0.1) is 0 Å². The summed E-state index contributed by atoms with van der Waals surface area (Å²) in [5.41, 5.74) is 0.959. The molecule has 0 aliphatic heterocycles. The van der Waals surface area contributed by atoms with Gasteiger partial charge in [0, 0.05) is 19.8 Å². The molecule has 0 fully saturated rings. The summed E-state index contributed by atoms with van der Waals surface area (Å²) in [4.78, 5) is 25.0. The van der Waals surface area contributed by atoms with Crippen molar-refractivity contribution in [3.05, 3.63) is 28.8 Å². The van der Waals surface area contributed by atoms with Crippen molar-refractivity contribution in [2.24, 2.45) is 0 Å². The van der Waals surface area contributed by atoms with Crippen LogP contribution < -0.4 is 5.32 Å². The monoisotopic (exact) mass is 346 g/mol. The highest BCUT2D eigenvalue weighted by molar-refractivity contribution is 9.10. The average Bonchev–Trinajstić information content (AvgIpc) is 2.26. The number of alkyl halides is 1. The molecule has 0 spiro atoms. The molecular weight excluding hydrogens is 332 g/mol. The van der Waals surface area contributed by atoms with Gasteiger partial charge >= 0.3 is 0 Å². The van der Waals surface area contributed by atoms with Gasteiger partial charge in [-0.25, -0.2) is 0 Å². The lowest BCUT2D eigenvalue weighted by molar-refractivity contribution is -0.117. The summed E-state index contributed by atoms with van der Waals surface area (Å²) in [6, 6.07) is 4.82. The zero-order chi connectivity index (χ0) is 14.8. The van der Waals surface area contributed by atoms with Crippen LogP contribution in [0.15, 0.2) is 18.2 Å². The van der Waals surface area contributed by atoms with Gasteiger partial charge < -0.3 is 10.2 Å². The van der Waals surface area contributed by atoms with E-state index < -0.39 is 4.32 Å². The number of hydrogen-bond acceptors (Lipinski definition) is 2. The van der Waals surface area contributed by atoms with Gasteiger partial charge in [0.1, 0.15) is 0 Å². The van der Waals surface area contributed by atoms with Crippen LogP contribution in [0.1, 0.15) is 24.2 Å². The van der Waals surface area contributed by atoms with Crippen molar-refractivity contribution in [1.29, 1.82) is 0 Å². The molecule has 104 valence electrons. The van der Waals surface area contributed by atoms with Crippen LogP contribution in [-0.4, -0.2) is 35.1 Å². The number of carbonyl (C=O) groups excluding carboxylic acids is 2. The van der Waals surface area contributed by atoms with Crippen molar-refractivity contribution in [1.82, 2.24) is 4.90 Å². The van der Waals surface area contributed by atoms with E-state index in [1.165, 1.54) is 4.90 Å². The first kappa shape index (κ1) is 16.0. The van der Waals surface area contributed by atoms with E-state index in [9.17, 15) is 9.59 Å². The van der Waals surface area contributed by atoms with E-state index in [0.29, 0.717) is 16.3 Å². The minimum Gasteiger partial charge on any atom is -0.345 e. The molecule has 0 aromatic heterocycles. The Balaban J connectivity index is 2.95. The van der Waals surface area contributed by atoms with Crippen LogP contribution in [0.5, 0.6) is 0 Å². The van der Waals surface area contributed by atoms with Gasteiger partial charge in [-0.15, -0.1) is 0 Å². The Labute approximate surface area is 126 Å². The topological polar surface area (TPSA) is 49.4 Å². The summed E-state index contributed by atoms with van der Waals surface area (Å²) in [7, 11) is 3.31. The van der Waals surface area contributed by atoms with E-state index >= 15 is 0 Å². The lowest BCUT2D eigenvalue weighted by Crippen LogP contribution is -2.31. The molecule has 1 aromatic rings. The van der Waals surface area contributed by atoms with Crippen LogP contribution >= 0.6 is 27.5 Å². The van der Waals surface area contributed by atoms with Gasteiger partial charge in [-0.05, 0) is 32.0 Å². The minimum atomic E-state index is -0.669. The molecule has 1 N–H and O–H groups in total. The summed E-state index contributed by atoms with van der Waals surface area (Å²) >= 11 is 9.33. The molecule has 0 bridgehead atoms. The van der Waals surface area contributed by atoms with Crippen molar-refractivity contribution in [3.8, 4) is 0 Å². The first-order chi connectivity index (χ1) is 8.62. The third-order valence-electron chi connectivity index (χ3n) is 2.40. The first-order valence-electron chi connectivity index (χ1n) is 5.64. The van der Waals surface area contributed by atoms with Crippen molar-refractivity contribution in [3.63, 3.8) is 0 Å².